The maximum atomic E-state index is 10.6. The van der Waals surface area contributed by atoms with Crippen molar-refractivity contribution in [1.29, 1.82) is 0 Å². The standard InChI is InChI=1S/C10H16O/c11-7-8-5-9-3-1-2-4-10(9)6-8/h7-10H,1-6H2. The van der Waals surface area contributed by atoms with Crippen molar-refractivity contribution in [3.63, 3.8) is 0 Å². The van der Waals surface area contributed by atoms with Crippen LogP contribution in [0.1, 0.15) is 38.5 Å². The average Bonchev–Trinajstić information content (AvgIpc) is 2.46. The summed E-state index contributed by atoms with van der Waals surface area (Å²) in [6.07, 6.45) is 9.20. The molecule has 1 heteroatoms. The van der Waals surface area contributed by atoms with E-state index in [9.17, 15) is 4.79 Å². The Morgan fingerprint density at radius 1 is 1.00 bits per heavy atom. The summed E-state index contributed by atoms with van der Waals surface area (Å²) in [5, 5.41) is 0. The minimum Gasteiger partial charge on any atom is -0.303 e. The van der Waals surface area contributed by atoms with Gasteiger partial charge in [-0.25, -0.2) is 0 Å². The van der Waals surface area contributed by atoms with Crippen molar-refractivity contribution in [1.82, 2.24) is 0 Å². The molecule has 0 aromatic heterocycles. The van der Waals surface area contributed by atoms with Gasteiger partial charge < -0.3 is 4.79 Å². The molecule has 2 fully saturated rings. The fourth-order valence-corrected chi connectivity index (χ4v) is 2.89. The van der Waals surface area contributed by atoms with Crippen LogP contribution < -0.4 is 0 Å². The smallest absolute Gasteiger partial charge is 0.123 e. The van der Waals surface area contributed by atoms with E-state index >= 15 is 0 Å². The van der Waals surface area contributed by atoms with Gasteiger partial charge >= 0.3 is 0 Å². The molecule has 0 bridgehead atoms. The second kappa shape index (κ2) is 2.96. The third-order valence-corrected chi connectivity index (χ3v) is 3.47. The Morgan fingerprint density at radius 2 is 1.55 bits per heavy atom. The van der Waals surface area contributed by atoms with Crippen molar-refractivity contribution < 1.29 is 4.79 Å². The lowest BCUT2D eigenvalue weighted by molar-refractivity contribution is -0.111. The van der Waals surface area contributed by atoms with Crippen molar-refractivity contribution in [2.45, 2.75) is 38.5 Å². The molecule has 62 valence electrons. The highest BCUT2D eigenvalue weighted by Gasteiger charge is 2.34. The summed E-state index contributed by atoms with van der Waals surface area (Å²) in [6.45, 7) is 0. The number of hydrogen-bond acceptors (Lipinski definition) is 1. The van der Waals surface area contributed by atoms with Crippen LogP contribution in [-0.2, 0) is 4.79 Å². The first-order valence-electron chi connectivity index (χ1n) is 4.85. The first-order chi connectivity index (χ1) is 5.40. The van der Waals surface area contributed by atoms with E-state index in [1.807, 2.05) is 0 Å². The van der Waals surface area contributed by atoms with Crippen LogP contribution in [0.5, 0.6) is 0 Å². The Kier molecular flexibility index (Phi) is 1.97. The molecular weight excluding hydrogens is 136 g/mol. The predicted molar refractivity (Wildman–Crippen MR) is 44.2 cm³/mol. The number of carbonyl (C=O) groups excluding carboxylic acids is 1. The fourth-order valence-electron chi connectivity index (χ4n) is 2.89. The van der Waals surface area contributed by atoms with Gasteiger partial charge in [0.1, 0.15) is 6.29 Å². The van der Waals surface area contributed by atoms with Gasteiger partial charge in [-0.1, -0.05) is 25.7 Å². The Labute approximate surface area is 68.2 Å². The van der Waals surface area contributed by atoms with Gasteiger partial charge in [0.15, 0.2) is 0 Å². The van der Waals surface area contributed by atoms with Crippen LogP contribution in [0.3, 0.4) is 0 Å². The largest absolute Gasteiger partial charge is 0.303 e. The van der Waals surface area contributed by atoms with Crippen LogP contribution in [0.4, 0.5) is 0 Å². The van der Waals surface area contributed by atoms with Crippen molar-refractivity contribution >= 4 is 6.29 Å². The number of hydrogen-bond donors (Lipinski definition) is 0. The normalized spacial score (nSPS) is 43.5. The van der Waals surface area contributed by atoms with Gasteiger partial charge in [-0.3, -0.25) is 0 Å². The van der Waals surface area contributed by atoms with Gasteiger partial charge in [0.2, 0.25) is 0 Å². The second-order valence-corrected chi connectivity index (χ2v) is 4.17. The summed E-state index contributed by atoms with van der Waals surface area (Å²) in [5.41, 5.74) is 0. The Hall–Kier alpha value is -0.330. The zero-order chi connectivity index (χ0) is 7.68. The Morgan fingerprint density at radius 3 is 2.00 bits per heavy atom. The molecule has 1 nitrogen and oxygen atoms in total. The molecule has 0 N–H and O–H groups in total. The Bertz CT molecular complexity index is 139. The number of carbonyl (C=O) groups is 1. The third kappa shape index (κ3) is 1.33. The highest BCUT2D eigenvalue weighted by Crippen LogP contribution is 2.44. The molecule has 11 heavy (non-hydrogen) atoms. The lowest BCUT2D eigenvalue weighted by Crippen LogP contribution is -2.12. The SMILES string of the molecule is O=CC1CC2CCCCC2C1. The summed E-state index contributed by atoms with van der Waals surface area (Å²) < 4.78 is 0. The lowest BCUT2D eigenvalue weighted by atomic mass is 9.82. The van der Waals surface area contributed by atoms with Crippen molar-refractivity contribution in [2.75, 3.05) is 0 Å². The van der Waals surface area contributed by atoms with Crippen LogP contribution in [-0.4, -0.2) is 6.29 Å². The zero-order valence-corrected chi connectivity index (χ0v) is 6.96. The number of aldehydes is 1. The van der Waals surface area contributed by atoms with E-state index in [0.717, 1.165) is 11.8 Å². The summed E-state index contributed by atoms with van der Waals surface area (Å²) in [5.74, 6) is 2.25. The molecule has 0 aliphatic heterocycles. The molecule has 0 saturated heterocycles. The van der Waals surface area contributed by atoms with Crippen LogP contribution in [0.15, 0.2) is 0 Å². The molecule has 2 rings (SSSR count). The predicted octanol–water partition coefficient (Wildman–Crippen LogP) is 2.40. The molecule has 0 amide bonds. The molecule has 2 saturated carbocycles. The quantitative estimate of drug-likeness (QED) is 0.527. The molecule has 0 aromatic rings. The Balaban J connectivity index is 1.97. The van der Waals surface area contributed by atoms with Crippen LogP contribution >= 0.6 is 0 Å². The molecule has 0 radical (unpaired) electrons. The van der Waals surface area contributed by atoms with Crippen molar-refractivity contribution in [3.8, 4) is 0 Å². The van der Waals surface area contributed by atoms with Crippen LogP contribution in [0.2, 0.25) is 0 Å². The molecule has 2 atom stereocenters. The molecule has 0 heterocycles. The van der Waals surface area contributed by atoms with E-state index in [-0.39, 0.29) is 0 Å². The molecular formula is C10H16O. The van der Waals surface area contributed by atoms with Crippen molar-refractivity contribution in [3.05, 3.63) is 0 Å². The zero-order valence-electron chi connectivity index (χ0n) is 6.96. The van der Waals surface area contributed by atoms with E-state index in [2.05, 4.69) is 0 Å². The second-order valence-electron chi connectivity index (χ2n) is 4.17. The van der Waals surface area contributed by atoms with Gasteiger partial charge in [0.25, 0.3) is 0 Å². The molecule has 0 spiro atoms. The molecule has 2 aliphatic rings. The van der Waals surface area contributed by atoms with Gasteiger partial charge in [0.05, 0.1) is 0 Å². The lowest BCUT2D eigenvalue weighted by Gasteiger charge is -2.24. The van der Waals surface area contributed by atoms with Gasteiger partial charge in [-0.05, 0) is 24.7 Å². The van der Waals surface area contributed by atoms with Gasteiger partial charge in [-0.2, -0.15) is 0 Å². The topological polar surface area (TPSA) is 17.1 Å². The monoisotopic (exact) mass is 152 g/mol. The highest BCUT2D eigenvalue weighted by atomic mass is 16.1. The fraction of sp³-hybridized carbons (Fsp3) is 0.900. The summed E-state index contributed by atoms with van der Waals surface area (Å²) in [6, 6.07) is 0. The third-order valence-electron chi connectivity index (χ3n) is 3.47. The maximum absolute atomic E-state index is 10.6. The average molecular weight is 152 g/mol. The van der Waals surface area contributed by atoms with E-state index in [4.69, 9.17) is 0 Å². The molecule has 2 aliphatic carbocycles. The van der Waals surface area contributed by atoms with Crippen molar-refractivity contribution in [2.24, 2.45) is 17.8 Å². The first kappa shape index (κ1) is 7.33. The van der Waals surface area contributed by atoms with Gasteiger partial charge in [0, 0.05) is 5.92 Å². The number of rotatable bonds is 1. The number of fused-ring (bicyclic) bond motifs is 1. The van der Waals surface area contributed by atoms with E-state index in [1.165, 1.54) is 44.8 Å². The van der Waals surface area contributed by atoms with E-state index < -0.39 is 0 Å². The summed E-state index contributed by atoms with van der Waals surface area (Å²) >= 11 is 0. The maximum Gasteiger partial charge on any atom is 0.123 e. The van der Waals surface area contributed by atoms with Gasteiger partial charge in [-0.15, -0.1) is 0 Å². The minimum absolute atomic E-state index is 0.420. The van der Waals surface area contributed by atoms with E-state index in [1.54, 1.807) is 0 Å². The van der Waals surface area contributed by atoms with Crippen LogP contribution in [0, 0.1) is 17.8 Å². The summed E-state index contributed by atoms with van der Waals surface area (Å²) in [7, 11) is 0. The summed E-state index contributed by atoms with van der Waals surface area (Å²) in [4.78, 5) is 10.6. The van der Waals surface area contributed by atoms with Crippen LogP contribution in [0.25, 0.3) is 0 Å². The first-order valence-corrected chi connectivity index (χ1v) is 4.85. The molecule has 2 unspecified atom stereocenters. The van der Waals surface area contributed by atoms with E-state index in [0.29, 0.717) is 5.92 Å². The molecule has 0 aromatic carbocycles. The highest BCUT2D eigenvalue weighted by molar-refractivity contribution is 5.54. The minimum atomic E-state index is 0.420.